The first kappa shape index (κ1) is 21.6. The summed E-state index contributed by atoms with van der Waals surface area (Å²) in [6.45, 7) is 1.50. The van der Waals surface area contributed by atoms with Crippen molar-refractivity contribution in [2.45, 2.75) is 25.9 Å². The van der Waals surface area contributed by atoms with Crippen molar-refractivity contribution in [2.75, 3.05) is 19.0 Å². The minimum atomic E-state index is -0.596. The zero-order valence-corrected chi connectivity index (χ0v) is 18.5. The molecule has 0 saturated carbocycles. The van der Waals surface area contributed by atoms with Crippen LogP contribution in [0, 0.1) is 5.82 Å². The number of imidazole rings is 1. The predicted octanol–water partition coefficient (Wildman–Crippen LogP) is 2.13. The van der Waals surface area contributed by atoms with Crippen LogP contribution in [0.15, 0.2) is 42.5 Å². The third kappa shape index (κ3) is 3.96. The molecule has 4 aromatic rings. The summed E-state index contributed by atoms with van der Waals surface area (Å²) in [7, 11) is 1.48. The summed E-state index contributed by atoms with van der Waals surface area (Å²) in [5, 5.41) is 7.94. The number of nitrogens with one attached hydrogen (secondary N) is 1. The third-order valence-corrected chi connectivity index (χ3v) is 5.51. The first-order valence-electron chi connectivity index (χ1n) is 10.8. The van der Waals surface area contributed by atoms with Gasteiger partial charge in [-0.2, -0.15) is 9.97 Å². The molecule has 0 fully saturated rings. The van der Waals surface area contributed by atoms with E-state index in [0.717, 1.165) is 18.4 Å². The number of primary amides is 1. The highest BCUT2D eigenvalue weighted by Gasteiger charge is 2.29. The number of aromatic nitrogens is 5. The largest absolute Gasteiger partial charge is 0.468 e. The van der Waals surface area contributed by atoms with Crippen LogP contribution in [0.5, 0.6) is 11.9 Å². The lowest BCUT2D eigenvalue weighted by Gasteiger charge is -2.11. The number of fused-ring (bicyclic) bond motifs is 2. The van der Waals surface area contributed by atoms with Gasteiger partial charge in [-0.25, -0.2) is 8.96 Å². The molecule has 3 heterocycles. The number of hydrogen-bond donors (Lipinski definition) is 2. The Bertz CT molecular complexity index is 1390. The van der Waals surface area contributed by atoms with Crippen molar-refractivity contribution in [1.82, 2.24) is 19.6 Å². The number of amides is 1. The minimum absolute atomic E-state index is 0.204. The van der Waals surface area contributed by atoms with Gasteiger partial charge in [0.2, 0.25) is 5.82 Å². The molecule has 3 N–H and O–H groups in total. The molecular weight excluding hydrogens is 441 g/mol. The maximum Gasteiger partial charge on any atom is 0.437 e. The lowest BCUT2D eigenvalue weighted by atomic mass is 10.2. The zero-order chi connectivity index (χ0) is 23.7. The summed E-state index contributed by atoms with van der Waals surface area (Å²) in [4.78, 5) is 21.1. The number of benzene rings is 2. The summed E-state index contributed by atoms with van der Waals surface area (Å²) in [5.41, 5.74) is 7.52. The van der Waals surface area contributed by atoms with Crippen LogP contribution in [0.25, 0.3) is 17.0 Å². The lowest BCUT2D eigenvalue weighted by molar-refractivity contribution is -0.755. The van der Waals surface area contributed by atoms with E-state index in [4.69, 9.17) is 20.2 Å². The maximum absolute atomic E-state index is 13.7. The average molecular weight is 464 g/mol. The molecule has 0 atom stereocenters. The molecule has 0 bridgehead atoms. The number of hydrogen-bond acceptors (Lipinski definition) is 7. The van der Waals surface area contributed by atoms with Crippen molar-refractivity contribution in [3.8, 4) is 17.8 Å². The molecule has 174 valence electrons. The van der Waals surface area contributed by atoms with Gasteiger partial charge in [0.25, 0.3) is 5.91 Å². The molecule has 2 aromatic carbocycles. The maximum atomic E-state index is 13.7. The Kier molecular flexibility index (Phi) is 5.66. The van der Waals surface area contributed by atoms with Crippen molar-refractivity contribution in [3.63, 3.8) is 0 Å². The van der Waals surface area contributed by atoms with Gasteiger partial charge in [0, 0.05) is 18.1 Å². The summed E-state index contributed by atoms with van der Waals surface area (Å²) < 4.78 is 28.4. The number of halogens is 1. The standard InChI is InChI=1S/C23H22FN7O3/c1-33-23-27-18-16(19(25)32)8-5-9-17(18)31(23)22-28-20(21-30(29-22)10-2-3-11-34-21)26-13-14-6-4-7-15(24)12-14/h4-9,12H,2-3,10-11,13H2,1H3,(H2-,25,26,28,29,32)/p+1. The molecule has 0 saturated heterocycles. The monoisotopic (exact) mass is 464 g/mol. The van der Waals surface area contributed by atoms with Crippen LogP contribution in [0.1, 0.15) is 28.8 Å². The highest BCUT2D eigenvalue weighted by Crippen LogP contribution is 2.28. The number of para-hydroxylation sites is 1. The molecule has 0 aliphatic carbocycles. The normalized spacial score (nSPS) is 13.1. The Morgan fingerprint density at radius 1 is 1.26 bits per heavy atom. The number of nitrogens with zero attached hydrogens (tertiary/aromatic N) is 5. The number of rotatable bonds is 6. The molecule has 10 nitrogen and oxygen atoms in total. The summed E-state index contributed by atoms with van der Waals surface area (Å²) in [6.07, 6.45) is 1.76. The van der Waals surface area contributed by atoms with E-state index in [1.165, 1.54) is 19.2 Å². The average Bonchev–Trinajstić information content (AvgIpc) is 3.05. The van der Waals surface area contributed by atoms with Gasteiger partial charge in [0.1, 0.15) is 11.3 Å². The minimum Gasteiger partial charge on any atom is -0.468 e. The van der Waals surface area contributed by atoms with Gasteiger partial charge in [-0.3, -0.25) is 4.79 Å². The van der Waals surface area contributed by atoms with Gasteiger partial charge < -0.3 is 20.5 Å². The molecule has 1 aliphatic heterocycles. The van der Waals surface area contributed by atoms with Crippen molar-refractivity contribution in [2.24, 2.45) is 5.73 Å². The van der Waals surface area contributed by atoms with Gasteiger partial charge in [-0.15, -0.1) is 0 Å². The van der Waals surface area contributed by atoms with Crippen molar-refractivity contribution in [1.29, 1.82) is 0 Å². The molecule has 0 spiro atoms. The topological polar surface area (TPSA) is 121 Å². The fraction of sp³-hybridized carbons (Fsp3) is 0.261. The number of ether oxygens (including phenoxy) is 2. The van der Waals surface area contributed by atoms with Crippen LogP contribution in [0.3, 0.4) is 0 Å². The predicted molar refractivity (Wildman–Crippen MR) is 120 cm³/mol. The van der Waals surface area contributed by atoms with Crippen molar-refractivity contribution in [3.05, 3.63) is 59.4 Å². The van der Waals surface area contributed by atoms with Crippen molar-refractivity contribution >= 4 is 22.8 Å². The Hall–Kier alpha value is -4.28. The molecule has 0 unspecified atom stereocenters. The number of nitrogens with two attached hydrogens (primary N) is 1. The second-order valence-corrected chi connectivity index (χ2v) is 7.80. The van der Waals surface area contributed by atoms with Crippen molar-refractivity contribution < 1.29 is 23.3 Å². The highest BCUT2D eigenvalue weighted by atomic mass is 19.1. The SMILES string of the molecule is COc1nc2c(C(N)=O)cccc2n1-c1nc(NCc2cccc(F)c2)c2[n+](n1)CCCCO2. The quantitative estimate of drug-likeness (QED) is 0.419. The smallest absolute Gasteiger partial charge is 0.437 e. The fourth-order valence-electron chi connectivity index (χ4n) is 3.92. The van der Waals surface area contributed by atoms with E-state index < -0.39 is 5.91 Å². The van der Waals surface area contributed by atoms with Crippen LogP contribution >= 0.6 is 0 Å². The van der Waals surface area contributed by atoms with E-state index in [9.17, 15) is 9.18 Å². The number of anilines is 1. The number of methoxy groups -OCH3 is 1. The number of carbonyl (C=O) groups is 1. The van der Waals surface area contributed by atoms with Gasteiger partial charge in [0.15, 0.2) is 6.54 Å². The third-order valence-electron chi connectivity index (χ3n) is 5.51. The van der Waals surface area contributed by atoms with Gasteiger partial charge >= 0.3 is 17.8 Å². The van der Waals surface area contributed by atoms with Crippen LogP contribution in [-0.4, -0.2) is 39.3 Å². The molecule has 2 aromatic heterocycles. The first-order valence-corrected chi connectivity index (χ1v) is 10.8. The second-order valence-electron chi connectivity index (χ2n) is 7.80. The molecule has 1 aliphatic rings. The van der Waals surface area contributed by atoms with E-state index in [-0.39, 0.29) is 23.3 Å². The van der Waals surface area contributed by atoms with E-state index in [1.54, 1.807) is 33.5 Å². The Labute approximate surface area is 194 Å². The number of aryl methyl sites for hydroxylation is 1. The van der Waals surface area contributed by atoms with E-state index >= 15 is 0 Å². The Balaban J connectivity index is 1.64. The molecule has 0 radical (unpaired) electrons. The molecule has 5 rings (SSSR count). The van der Waals surface area contributed by atoms with Crippen LogP contribution in [-0.2, 0) is 13.1 Å². The highest BCUT2D eigenvalue weighted by molar-refractivity contribution is 6.04. The molecule has 34 heavy (non-hydrogen) atoms. The van der Waals surface area contributed by atoms with Gasteiger partial charge in [-0.05, 0) is 40.9 Å². The zero-order valence-electron chi connectivity index (χ0n) is 18.5. The molecular formula is C23H23FN7O3+. The lowest BCUT2D eigenvalue weighted by Crippen LogP contribution is -2.41. The van der Waals surface area contributed by atoms with E-state index in [1.807, 2.05) is 6.07 Å². The number of carbonyl (C=O) groups excluding carboxylic acids is 1. The molecule has 1 amide bonds. The van der Waals surface area contributed by atoms with E-state index in [2.05, 4.69) is 15.4 Å². The summed E-state index contributed by atoms with van der Waals surface area (Å²) in [5.74, 6) is 0.315. The Morgan fingerprint density at radius 3 is 2.91 bits per heavy atom. The first-order chi connectivity index (χ1) is 16.5. The van der Waals surface area contributed by atoms with Crippen LogP contribution < -0.4 is 25.2 Å². The van der Waals surface area contributed by atoms with Gasteiger partial charge in [-0.1, -0.05) is 18.2 Å². The summed E-state index contributed by atoms with van der Waals surface area (Å²) >= 11 is 0. The van der Waals surface area contributed by atoms with Gasteiger partial charge in [0.05, 0.1) is 24.8 Å². The molecule has 11 heteroatoms. The van der Waals surface area contributed by atoms with Crippen LogP contribution in [0.4, 0.5) is 10.2 Å². The van der Waals surface area contributed by atoms with Crippen LogP contribution in [0.2, 0.25) is 0 Å². The fourth-order valence-corrected chi connectivity index (χ4v) is 3.92. The summed E-state index contributed by atoms with van der Waals surface area (Å²) in [6, 6.07) is 11.6. The Morgan fingerprint density at radius 2 is 2.12 bits per heavy atom. The van der Waals surface area contributed by atoms with E-state index in [0.29, 0.717) is 42.4 Å². The second kappa shape index (κ2) is 8.93.